The second-order valence-electron chi connectivity index (χ2n) is 6.78. The van der Waals surface area contributed by atoms with Gasteiger partial charge >= 0.3 is 0 Å². The van der Waals surface area contributed by atoms with E-state index in [-0.39, 0.29) is 34.1 Å². The second kappa shape index (κ2) is 7.20. The molecule has 0 fully saturated rings. The van der Waals surface area contributed by atoms with Crippen molar-refractivity contribution in [1.82, 2.24) is 4.98 Å². The van der Waals surface area contributed by atoms with Gasteiger partial charge in [-0.1, -0.05) is 6.07 Å². The molecule has 0 saturated carbocycles. The zero-order valence-electron chi connectivity index (χ0n) is 14.4. The number of rotatable bonds is 5. The number of nitrogens with one attached hydrogen (secondary N) is 1. The number of fused-ring (bicyclic) bond motifs is 1. The van der Waals surface area contributed by atoms with Gasteiger partial charge in [0.25, 0.3) is 0 Å². The van der Waals surface area contributed by atoms with Crippen LogP contribution in [-0.2, 0) is 29.1 Å². The Hall–Kier alpha value is -2.20. The fraction of sp³-hybridized carbons (Fsp3) is 0.421. The molecule has 1 aliphatic rings. The van der Waals surface area contributed by atoms with Crippen molar-refractivity contribution in [3.63, 3.8) is 0 Å². The minimum atomic E-state index is -3.58. The van der Waals surface area contributed by atoms with Gasteiger partial charge in [-0.15, -0.1) is 0 Å². The monoisotopic (exact) mass is 378 g/mol. The molecule has 2 aromatic rings. The van der Waals surface area contributed by atoms with Gasteiger partial charge in [0.15, 0.2) is 9.84 Å². The molecule has 26 heavy (non-hydrogen) atoms. The lowest BCUT2D eigenvalue weighted by atomic mass is 9.85. The first-order valence-corrected chi connectivity index (χ1v) is 10.2. The molecule has 1 aromatic heterocycles. The topological polar surface area (TPSA) is 73.7 Å². The summed E-state index contributed by atoms with van der Waals surface area (Å²) in [6.45, 7) is 1.53. The number of H-pyrrole nitrogens is 1. The molecule has 7 heteroatoms. The number of halogens is 2. The third kappa shape index (κ3) is 3.65. The van der Waals surface area contributed by atoms with Crippen molar-refractivity contribution in [3.05, 3.63) is 52.6 Å². The molecule has 138 valence electrons. The van der Waals surface area contributed by atoms with E-state index in [9.17, 15) is 17.2 Å². The number of benzene rings is 1. The molecule has 1 heterocycles. The van der Waals surface area contributed by atoms with Gasteiger partial charge in [0.05, 0.1) is 22.3 Å². The largest absolute Gasteiger partial charge is 0.364 e. The molecular formula is C19H20F2N2O2S. The number of hydrogen-bond acceptors (Lipinski definition) is 3. The number of hydrogen-bond donors (Lipinski definition) is 1. The number of aromatic amines is 1. The Morgan fingerprint density at radius 2 is 2.19 bits per heavy atom. The number of alkyl halides is 1. The van der Waals surface area contributed by atoms with Crippen molar-refractivity contribution < 1.29 is 17.2 Å². The van der Waals surface area contributed by atoms with E-state index in [4.69, 9.17) is 5.26 Å². The summed E-state index contributed by atoms with van der Waals surface area (Å²) in [6, 6.07) is 5.88. The maximum atomic E-state index is 14.0. The minimum Gasteiger partial charge on any atom is -0.364 e. The van der Waals surface area contributed by atoms with Gasteiger partial charge < -0.3 is 4.98 Å². The molecule has 1 aromatic carbocycles. The predicted octanol–water partition coefficient (Wildman–Crippen LogP) is 3.50. The van der Waals surface area contributed by atoms with Gasteiger partial charge in [-0.3, -0.25) is 0 Å². The molecule has 2 unspecified atom stereocenters. The summed E-state index contributed by atoms with van der Waals surface area (Å²) in [6.07, 6.45) is 2.23. The first-order valence-electron chi connectivity index (χ1n) is 8.56. The van der Waals surface area contributed by atoms with Crippen LogP contribution in [0.2, 0.25) is 0 Å². The summed E-state index contributed by atoms with van der Waals surface area (Å²) >= 11 is 0. The lowest BCUT2D eigenvalue weighted by Gasteiger charge is -2.23. The van der Waals surface area contributed by atoms with Crippen LogP contribution in [0.1, 0.15) is 35.7 Å². The highest BCUT2D eigenvalue weighted by Gasteiger charge is 2.30. The molecule has 0 saturated heterocycles. The number of nitriles is 1. The van der Waals surface area contributed by atoms with Crippen molar-refractivity contribution in [1.29, 1.82) is 5.26 Å². The molecular weight excluding hydrogens is 358 g/mol. The predicted molar refractivity (Wildman–Crippen MR) is 93.7 cm³/mol. The Bertz CT molecular complexity index is 958. The van der Waals surface area contributed by atoms with Crippen molar-refractivity contribution in [2.45, 2.75) is 43.7 Å². The first-order chi connectivity index (χ1) is 12.3. The van der Waals surface area contributed by atoms with Crippen LogP contribution >= 0.6 is 0 Å². The third-order valence-electron chi connectivity index (χ3n) is 5.08. The highest BCUT2D eigenvalue weighted by molar-refractivity contribution is 7.91. The van der Waals surface area contributed by atoms with Gasteiger partial charge in [-0.2, -0.15) is 5.26 Å². The van der Waals surface area contributed by atoms with E-state index in [0.29, 0.717) is 19.3 Å². The molecule has 0 amide bonds. The molecule has 0 aliphatic heterocycles. The molecule has 1 aliphatic carbocycles. The van der Waals surface area contributed by atoms with Gasteiger partial charge in [-0.05, 0) is 61.8 Å². The summed E-state index contributed by atoms with van der Waals surface area (Å²) in [5.41, 5.74) is 1.99. The maximum absolute atomic E-state index is 14.0. The molecule has 4 nitrogen and oxygen atoms in total. The van der Waals surface area contributed by atoms with Crippen LogP contribution in [0.5, 0.6) is 0 Å². The van der Waals surface area contributed by atoms with E-state index in [1.807, 2.05) is 6.07 Å². The fourth-order valence-corrected chi connectivity index (χ4v) is 5.02. The standard InChI is InChI=1S/C19H20F2N2O2S/c1-12(20)15-4-5-16-18(9-15)23-11-19(16)26(24,25)7-6-14-3-2-13(10-22)8-17(14)21/h2-3,8,11-12,15,23H,4-7,9H2,1H3. The molecule has 0 radical (unpaired) electrons. The average molecular weight is 378 g/mol. The van der Waals surface area contributed by atoms with Crippen LogP contribution in [0.15, 0.2) is 29.3 Å². The highest BCUT2D eigenvalue weighted by Crippen LogP contribution is 2.33. The van der Waals surface area contributed by atoms with E-state index in [1.54, 1.807) is 0 Å². The zero-order chi connectivity index (χ0) is 18.9. The van der Waals surface area contributed by atoms with Crippen molar-refractivity contribution in [3.8, 4) is 6.07 Å². The summed E-state index contributed by atoms with van der Waals surface area (Å²) < 4.78 is 52.9. The Morgan fingerprint density at radius 3 is 2.85 bits per heavy atom. The fourth-order valence-electron chi connectivity index (χ4n) is 3.47. The number of sulfone groups is 1. The number of nitrogens with zero attached hydrogens (tertiary/aromatic N) is 1. The number of aromatic nitrogens is 1. The SMILES string of the molecule is CC(F)C1CCc2c(S(=O)(=O)CCc3ccc(C#N)cc3F)c[nH]c2C1. The van der Waals surface area contributed by atoms with E-state index in [1.165, 1.54) is 25.3 Å². The lowest BCUT2D eigenvalue weighted by molar-refractivity contribution is 0.227. The smallest absolute Gasteiger partial charge is 0.180 e. The van der Waals surface area contributed by atoms with Crippen LogP contribution in [0.4, 0.5) is 8.78 Å². The summed E-state index contributed by atoms with van der Waals surface area (Å²) in [7, 11) is -3.58. The molecule has 0 spiro atoms. The van der Waals surface area contributed by atoms with Crippen LogP contribution < -0.4 is 0 Å². The lowest BCUT2D eigenvalue weighted by Crippen LogP contribution is -2.22. The molecule has 0 bridgehead atoms. The quantitative estimate of drug-likeness (QED) is 0.865. The molecule has 2 atom stereocenters. The van der Waals surface area contributed by atoms with Crippen molar-refractivity contribution in [2.75, 3.05) is 5.75 Å². The van der Waals surface area contributed by atoms with Crippen LogP contribution in [-0.4, -0.2) is 25.3 Å². The Balaban J connectivity index is 1.77. The summed E-state index contributed by atoms with van der Waals surface area (Å²) in [5, 5.41) is 8.76. The Labute approximate surface area is 151 Å². The first kappa shape index (κ1) is 18.6. The Kier molecular flexibility index (Phi) is 5.15. The van der Waals surface area contributed by atoms with Crippen LogP contribution in [0, 0.1) is 23.1 Å². The maximum Gasteiger partial charge on any atom is 0.180 e. The highest BCUT2D eigenvalue weighted by atomic mass is 32.2. The van der Waals surface area contributed by atoms with Gasteiger partial charge in [0.2, 0.25) is 0 Å². The van der Waals surface area contributed by atoms with Crippen molar-refractivity contribution in [2.24, 2.45) is 5.92 Å². The third-order valence-corrected chi connectivity index (χ3v) is 6.85. The van der Waals surface area contributed by atoms with E-state index < -0.39 is 21.8 Å². The minimum absolute atomic E-state index is 0.0317. The Morgan fingerprint density at radius 1 is 1.42 bits per heavy atom. The molecule has 3 rings (SSSR count). The van der Waals surface area contributed by atoms with Crippen LogP contribution in [0.3, 0.4) is 0 Å². The average Bonchev–Trinajstić information content (AvgIpc) is 3.04. The van der Waals surface area contributed by atoms with E-state index >= 15 is 0 Å². The van der Waals surface area contributed by atoms with E-state index in [0.717, 1.165) is 17.3 Å². The summed E-state index contributed by atoms with van der Waals surface area (Å²) in [4.78, 5) is 3.23. The van der Waals surface area contributed by atoms with Crippen molar-refractivity contribution >= 4 is 9.84 Å². The number of aryl methyl sites for hydroxylation is 1. The van der Waals surface area contributed by atoms with E-state index in [2.05, 4.69) is 4.98 Å². The normalized spacial score (nSPS) is 18.2. The second-order valence-corrected chi connectivity index (χ2v) is 8.85. The van der Waals surface area contributed by atoms with Gasteiger partial charge in [-0.25, -0.2) is 17.2 Å². The molecule has 1 N–H and O–H groups in total. The van der Waals surface area contributed by atoms with Crippen LogP contribution in [0.25, 0.3) is 0 Å². The van der Waals surface area contributed by atoms with Gasteiger partial charge in [0, 0.05) is 11.9 Å². The van der Waals surface area contributed by atoms with Gasteiger partial charge in [0.1, 0.15) is 12.0 Å². The zero-order valence-corrected chi connectivity index (χ0v) is 15.2. The summed E-state index contributed by atoms with van der Waals surface area (Å²) in [5.74, 6) is -0.886.